The van der Waals surface area contributed by atoms with E-state index in [1.807, 2.05) is 36.0 Å². The molecule has 0 aliphatic carbocycles. The molecule has 1 unspecified atom stereocenters. The lowest BCUT2D eigenvalue weighted by atomic mass is 9.83. The molecule has 3 aromatic carbocycles. The fourth-order valence-electron chi connectivity index (χ4n) is 5.49. The van der Waals surface area contributed by atoms with Crippen LogP contribution in [-0.4, -0.2) is 41.4 Å². The number of thioether (sulfide) groups is 1. The molecule has 3 aromatic rings. The number of hydrogen-bond acceptors (Lipinski definition) is 4. The number of hydrogen-bond donors (Lipinski definition) is 1. The molecule has 0 bridgehead atoms. The lowest BCUT2D eigenvalue weighted by Gasteiger charge is -2.32. The second kappa shape index (κ2) is 11.7. The average molecular weight is 550 g/mol. The van der Waals surface area contributed by atoms with Crippen LogP contribution in [-0.2, 0) is 23.2 Å². The first-order valence-corrected chi connectivity index (χ1v) is 14.9. The van der Waals surface area contributed by atoms with Gasteiger partial charge in [-0.15, -0.1) is 11.8 Å². The zero-order valence-corrected chi connectivity index (χ0v) is 23.7. The minimum atomic E-state index is -0.966. The van der Waals surface area contributed by atoms with Crippen LogP contribution in [0.3, 0.4) is 0 Å². The number of benzene rings is 3. The molecule has 2 heterocycles. The minimum Gasteiger partial charge on any atom is -0.489 e. The van der Waals surface area contributed by atoms with Crippen LogP contribution in [0.4, 0.5) is 0 Å². The molecule has 1 atom stereocenters. The summed E-state index contributed by atoms with van der Waals surface area (Å²) in [6, 6.07) is 22.7. The lowest BCUT2D eigenvalue weighted by molar-refractivity contribution is -0.142. The number of halogens is 1. The molecule has 0 spiro atoms. The van der Waals surface area contributed by atoms with E-state index < -0.39 is 11.4 Å². The summed E-state index contributed by atoms with van der Waals surface area (Å²) in [4.78, 5) is 14.6. The molecule has 0 radical (unpaired) electrons. The molecule has 1 saturated heterocycles. The van der Waals surface area contributed by atoms with Crippen LogP contribution in [0.5, 0.6) is 5.75 Å². The molecule has 1 fully saturated rings. The standard InChI is InChI=1S/C32H36ClNO3S/c1-32(2,31(35)36)25-9-12-29-28(20-25)30(27-6-4-3-5-24(27)21-37-29)38-18-17-34-15-13-23(14-16-34)19-22-7-10-26(33)11-8-22/h3-12,20,23,30H,13-19,21H2,1-2H3,(H,35,36). The summed E-state index contributed by atoms with van der Waals surface area (Å²) in [7, 11) is 0. The van der Waals surface area contributed by atoms with Gasteiger partial charge in [0.1, 0.15) is 12.4 Å². The average Bonchev–Trinajstić information content (AvgIpc) is 3.07. The summed E-state index contributed by atoms with van der Waals surface area (Å²) in [5.41, 5.74) is 4.76. The smallest absolute Gasteiger partial charge is 0.313 e. The van der Waals surface area contributed by atoms with E-state index in [0.717, 1.165) is 59.6 Å². The van der Waals surface area contributed by atoms with E-state index in [2.05, 4.69) is 47.4 Å². The molecular weight excluding hydrogens is 514 g/mol. The summed E-state index contributed by atoms with van der Waals surface area (Å²) in [6.07, 6.45) is 3.58. The normalized spacial score (nSPS) is 18.2. The van der Waals surface area contributed by atoms with Crippen molar-refractivity contribution in [3.05, 3.63) is 99.6 Å². The largest absolute Gasteiger partial charge is 0.489 e. The number of nitrogens with zero attached hydrogens (tertiary/aromatic N) is 1. The van der Waals surface area contributed by atoms with Crippen LogP contribution in [0.2, 0.25) is 5.02 Å². The highest BCUT2D eigenvalue weighted by molar-refractivity contribution is 7.99. The van der Waals surface area contributed by atoms with Crippen molar-refractivity contribution >= 4 is 29.3 Å². The Balaban J connectivity index is 1.26. The predicted octanol–water partition coefficient (Wildman–Crippen LogP) is 7.37. The molecule has 200 valence electrons. The van der Waals surface area contributed by atoms with Crippen molar-refractivity contribution < 1.29 is 14.6 Å². The summed E-state index contributed by atoms with van der Waals surface area (Å²) < 4.78 is 6.22. The molecule has 38 heavy (non-hydrogen) atoms. The molecule has 2 aliphatic heterocycles. The van der Waals surface area contributed by atoms with Crippen molar-refractivity contribution in [2.24, 2.45) is 5.92 Å². The van der Waals surface area contributed by atoms with Crippen LogP contribution >= 0.6 is 23.4 Å². The van der Waals surface area contributed by atoms with Crippen molar-refractivity contribution in [2.45, 2.75) is 50.4 Å². The van der Waals surface area contributed by atoms with Gasteiger partial charge in [-0.3, -0.25) is 4.79 Å². The van der Waals surface area contributed by atoms with Crippen molar-refractivity contribution in [3.8, 4) is 5.75 Å². The van der Waals surface area contributed by atoms with Crippen LogP contribution in [0.1, 0.15) is 59.8 Å². The van der Waals surface area contributed by atoms with Crippen molar-refractivity contribution in [1.29, 1.82) is 0 Å². The SMILES string of the molecule is CC(C)(C(=O)O)c1ccc2c(c1)C(SCCN1CCC(Cc3ccc(Cl)cc3)CC1)c1ccccc1CO2. The fourth-order valence-corrected chi connectivity index (χ4v) is 6.99. The van der Waals surface area contributed by atoms with Crippen LogP contribution in [0, 0.1) is 5.92 Å². The number of ether oxygens (including phenoxy) is 1. The van der Waals surface area contributed by atoms with Crippen molar-refractivity contribution in [1.82, 2.24) is 4.90 Å². The monoisotopic (exact) mass is 549 g/mol. The van der Waals surface area contributed by atoms with Gasteiger partial charge >= 0.3 is 5.97 Å². The Kier molecular flexibility index (Phi) is 8.37. The number of rotatable bonds is 8. The van der Waals surface area contributed by atoms with Gasteiger partial charge in [0, 0.05) is 22.9 Å². The van der Waals surface area contributed by atoms with E-state index in [1.54, 1.807) is 13.8 Å². The quantitative estimate of drug-likeness (QED) is 0.318. The molecule has 2 aliphatic rings. The summed E-state index contributed by atoms with van der Waals surface area (Å²) >= 11 is 7.98. The van der Waals surface area contributed by atoms with Gasteiger partial charge in [-0.2, -0.15) is 0 Å². The van der Waals surface area contributed by atoms with Crippen LogP contribution in [0.25, 0.3) is 0 Å². The molecule has 1 N–H and O–H groups in total. The highest BCUT2D eigenvalue weighted by Crippen LogP contribution is 2.45. The Hall–Kier alpha value is -2.47. The van der Waals surface area contributed by atoms with Crippen molar-refractivity contribution in [2.75, 3.05) is 25.4 Å². The van der Waals surface area contributed by atoms with E-state index >= 15 is 0 Å². The highest BCUT2D eigenvalue weighted by atomic mass is 35.5. The summed E-state index contributed by atoms with van der Waals surface area (Å²) in [5.74, 6) is 1.77. The van der Waals surface area contributed by atoms with E-state index in [4.69, 9.17) is 16.3 Å². The van der Waals surface area contributed by atoms with E-state index in [-0.39, 0.29) is 5.25 Å². The van der Waals surface area contributed by atoms with Gasteiger partial charge in [0.25, 0.3) is 0 Å². The Morgan fingerprint density at radius 1 is 1.05 bits per heavy atom. The second-order valence-corrected chi connectivity index (χ2v) is 12.7. The first kappa shape index (κ1) is 27.1. The van der Waals surface area contributed by atoms with E-state index in [9.17, 15) is 9.90 Å². The highest BCUT2D eigenvalue weighted by Gasteiger charge is 2.33. The van der Waals surface area contributed by atoms with Gasteiger partial charge in [-0.05, 0) is 98.6 Å². The molecule has 0 saturated carbocycles. The van der Waals surface area contributed by atoms with Gasteiger partial charge in [0.2, 0.25) is 0 Å². The summed E-state index contributed by atoms with van der Waals surface area (Å²) in [5, 5.41) is 10.7. The third-order valence-electron chi connectivity index (χ3n) is 8.11. The number of carbonyl (C=O) groups is 1. The predicted molar refractivity (Wildman–Crippen MR) is 156 cm³/mol. The topological polar surface area (TPSA) is 49.8 Å². The van der Waals surface area contributed by atoms with E-state index in [1.165, 1.54) is 29.5 Å². The minimum absolute atomic E-state index is 0.107. The van der Waals surface area contributed by atoms with Crippen LogP contribution < -0.4 is 4.74 Å². The van der Waals surface area contributed by atoms with Gasteiger partial charge in [-0.25, -0.2) is 0 Å². The Bertz CT molecular complexity index is 1270. The van der Waals surface area contributed by atoms with Gasteiger partial charge < -0.3 is 14.7 Å². The Labute approximate surface area is 235 Å². The number of piperidine rings is 1. The van der Waals surface area contributed by atoms with E-state index in [0.29, 0.717) is 6.61 Å². The Morgan fingerprint density at radius 3 is 2.53 bits per heavy atom. The first-order valence-electron chi connectivity index (χ1n) is 13.5. The molecular formula is C32H36ClNO3S. The molecule has 0 amide bonds. The fraction of sp³-hybridized carbons (Fsp3) is 0.406. The Morgan fingerprint density at radius 2 is 1.79 bits per heavy atom. The van der Waals surface area contributed by atoms with Gasteiger partial charge in [0.15, 0.2) is 0 Å². The van der Waals surface area contributed by atoms with Gasteiger partial charge in [-0.1, -0.05) is 54.1 Å². The molecule has 0 aromatic heterocycles. The molecule has 4 nitrogen and oxygen atoms in total. The number of carboxylic acids is 1. The third kappa shape index (κ3) is 6.06. The summed E-state index contributed by atoms with van der Waals surface area (Å²) in [6.45, 7) is 7.38. The molecule has 6 heteroatoms. The maximum atomic E-state index is 12.0. The van der Waals surface area contributed by atoms with Gasteiger partial charge in [0.05, 0.1) is 10.7 Å². The molecule has 5 rings (SSSR count). The zero-order valence-electron chi connectivity index (χ0n) is 22.2. The maximum absolute atomic E-state index is 12.0. The maximum Gasteiger partial charge on any atom is 0.313 e. The number of fused-ring (bicyclic) bond motifs is 2. The number of aliphatic carboxylic acids is 1. The third-order valence-corrected chi connectivity index (χ3v) is 9.62. The lowest BCUT2D eigenvalue weighted by Crippen LogP contribution is -2.35. The number of carboxylic acid groups (broad SMARTS) is 1. The van der Waals surface area contributed by atoms with Crippen molar-refractivity contribution in [3.63, 3.8) is 0 Å². The first-order chi connectivity index (χ1) is 18.3. The number of likely N-dealkylation sites (tertiary alicyclic amines) is 1. The van der Waals surface area contributed by atoms with Crippen LogP contribution in [0.15, 0.2) is 66.7 Å². The second-order valence-electron chi connectivity index (χ2n) is 11.0. The zero-order chi connectivity index (χ0) is 26.7.